The molecule has 0 aromatic heterocycles. The van der Waals surface area contributed by atoms with Crippen LogP contribution in [0.4, 0.5) is 10.1 Å². The van der Waals surface area contributed by atoms with Crippen molar-refractivity contribution in [1.29, 1.82) is 0 Å². The second kappa shape index (κ2) is 7.09. The summed E-state index contributed by atoms with van der Waals surface area (Å²) in [6, 6.07) is 11.7. The Bertz CT molecular complexity index is 629. The smallest absolute Gasteiger partial charge is 0.239 e. The van der Waals surface area contributed by atoms with Crippen LogP contribution in [-0.2, 0) is 11.3 Å². The zero-order valence-corrected chi connectivity index (χ0v) is 12.4. The van der Waals surface area contributed by atoms with Crippen molar-refractivity contribution < 1.29 is 9.18 Å². The van der Waals surface area contributed by atoms with E-state index < -0.39 is 0 Å². The van der Waals surface area contributed by atoms with Crippen molar-refractivity contribution >= 4 is 23.2 Å². The van der Waals surface area contributed by atoms with Gasteiger partial charge in [-0.2, -0.15) is 0 Å². The number of hydrogen-bond acceptors (Lipinski definition) is 2. The number of amides is 1. The minimum absolute atomic E-state index is 0.0951. The summed E-state index contributed by atoms with van der Waals surface area (Å²) in [5, 5.41) is 6.37. The Balaban J connectivity index is 1.82. The van der Waals surface area contributed by atoms with E-state index >= 15 is 0 Å². The van der Waals surface area contributed by atoms with Crippen LogP contribution in [0.2, 0.25) is 5.02 Å². The lowest BCUT2D eigenvalue weighted by Gasteiger charge is -2.10. The normalized spacial score (nSPS) is 10.2. The minimum atomic E-state index is -0.329. The summed E-state index contributed by atoms with van der Waals surface area (Å²) >= 11 is 5.79. The predicted octanol–water partition coefficient (Wildman–Crippen LogP) is 3.52. The number of carbonyl (C=O) groups excluding carboxylic acids is 1. The molecule has 0 atom stereocenters. The van der Waals surface area contributed by atoms with Gasteiger partial charge in [0.1, 0.15) is 5.82 Å². The summed E-state index contributed by atoms with van der Waals surface area (Å²) in [5.74, 6) is -0.488. The fourth-order valence-corrected chi connectivity index (χ4v) is 1.95. The van der Waals surface area contributed by atoms with Gasteiger partial charge in [0.2, 0.25) is 5.91 Å². The van der Waals surface area contributed by atoms with Crippen molar-refractivity contribution in [2.75, 3.05) is 11.9 Å². The Labute approximate surface area is 128 Å². The van der Waals surface area contributed by atoms with E-state index in [2.05, 4.69) is 10.6 Å². The van der Waals surface area contributed by atoms with E-state index in [1.807, 2.05) is 19.1 Å². The Morgan fingerprint density at radius 2 is 1.90 bits per heavy atom. The average molecular weight is 307 g/mol. The van der Waals surface area contributed by atoms with Crippen molar-refractivity contribution in [3.8, 4) is 0 Å². The summed E-state index contributed by atoms with van der Waals surface area (Å²) in [6.45, 7) is 2.38. The van der Waals surface area contributed by atoms with E-state index in [-0.39, 0.29) is 18.3 Å². The quantitative estimate of drug-likeness (QED) is 0.887. The van der Waals surface area contributed by atoms with Gasteiger partial charge in [-0.25, -0.2) is 4.39 Å². The molecule has 0 radical (unpaired) electrons. The Morgan fingerprint density at radius 3 is 2.62 bits per heavy atom. The largest absolute Gasteiger partial charge is 0.376 e. The molecule has 21 heavy (non-hydrogen) atoms. The Kier molecular flexibility index (Phi) is 5.17. The van der Waals surface area contributed by atoms with Crippen LogP contribution in [0.1, 0.15) is 11.1 Å². The van der Waals surface area contributed by atoms with Crippen molar-refractivity contribution in [2.45, 2.75) is 13.5 Å². The maximum atomic E-state index is 13.1. The van der Waals surface area contributed by atoms with Crippen LogP contribution in [0.25, 0.3) is 0 Å². The molecule has 0 aliphatic carbocycles. The average Bonchev–Trinajstić information content (AvgIpc) is 2.47. The van der Waals surface area contributed by atoms with Gasteiger partial charge in [-0.05, 0) is 42.3 Å². The number of benzene rings is 2. The van der Waals surface area contributed by atoms with E-state index in [9.17, 15) is 9.18 Å². The molecule has 0 aliphatic heterocycles. The number of nitrogens with one attached hydrogen (secondary N) is 2. The predicted molar refractivity (Wildman–Crippen MR) is 82.9 cm³/mol. The van der Waals surface area contributed by atoms with Gasteiger partial charge >= 0.3 is 0 Å². The fraction of sp³-hybridized carbons (Fsp3) is 0.188. The summed E-state index contributed by atoms with van der Waals surface area (Å²) < 4.78 is 13.1. The Morgan fingerprint density at radius 1 is 1.19 bits per heavy atom. The molecule has 3 nitrogen and oxygen atoms in total. The van der Waals surface area contributed by atoms with Crippen molar-refractivity contribution in [3.63, 3.8) is 0 Å². The second-order valence-corrected chi connectivity index (χ2v) is 5.15. The molecule has 5 heteroatoms. The maximum Gasteiger partial charge on any atom is 0.239 e. The molecule has 2 rings (SSSR count). The highest BCUT2D eigenvalue weighted by Gasteiger charge is 2.04. The van der Waals surface area contributed by atoms with Gasteiger partial charge in [-0.3, -0.25) is 4.79 Å². The third-order valence-corrected chi connectivity index (χ3v) is 3.29. The molecule has 0 aliphatic rings. The van der Waals surface area contributed by atoms with Crippen molar-refractivity contribution in [3.05, 3.63) is 64.4 Å². The molecule has 1 amide bonds. The molecule has 0 fully saturated rings. The monoisotopic (exact) mass is 306 g/mol. The van der Waals surface area contributed by atoms with Crippen LogP contribution in [-0.4, -0.2) is 12.5 Å². The lowest BCUT2D eigenvalue weighted by atomic mass is 10.2. The Hall–Kier alpha value is -2.07. The molecule has 2 aromatic rings. The van der Waals surface area contributed by atoms with Crippen molar-refractivity contribution in [2.24, 2.45) is 0 Å². The summed E-state index contributed by atoms with van der Waals surface area (Å²) in [4.78, 5) is 11.8. The number of halogens is 2. The number of carbonyl (C=O) groups is 1. The van der Waals surface area contributed by atoms with Crippen molar-refractivity contribution in [1.82, 2.24) is 5.32 Å². The molecule has 0 unspecified atom stereocenters. The second-order valence-electron chi connectivity index (χ2n) is 4.72. The van der Waals surface area contributed by atoms with Gasteiger partial charge in [0.05, 0.1) is 6.54 Å². The lowest BCUT2D eigenvalue weighted by Crippen LogP contribution is -2.29. The number of rotatable bonds is 5. The fourth-order valence-electron chi connectivity index (χ4n) is 1.83. The molecule has 0 bridgehead atoms. The first kappa shape index (κ1) is 15.3. The maximum absolute atomic E-state index is 13.1. The van der Waals surface area contributed by atoms with E-state index in [0.29, 0.717) is 17.3 Å². The standard InChI is InChI=1S/C16H16ClFN2O/c1-11-2-7-14(18)8-15(11)19-10-16(21)20-9-12-3-5-13(17)6-4-12/h2-8,19H,9-10H2,1H3,(H,20,21). The van der Waals surface area contributed by atoms with Gasteiger partial charge in [0, 0.05) is 17.3 Å². The molecular formula is C16H16ClFN2O. The summed E-state index contributed by atoms with van der Waals surface area (Å²) in [6.07, 6.45) is 0. The molecule has 110 valence electrons. The van der Waals surface area contributed by atoms with Crippen LogP contribution >= 0.6 is 11.6 Å². The highest BCUT2D eigenvalue weighted by atomic mass is 35.5. The first-order valence-electron chi connectivity index (χ1n) is 6.56. The topological polar surface area (TPSA) is 41.1 Å². The first-order valence-corrected chi connectivity index (χ1v) is 6.93. The van der Waals surface area contributed by atoms with Gasteiger partial charge in [-0.1, -0.05) is 29.8 Å². The van der Waals surface area contributed by atoms with E-state index in [1.54, 1.807) is 18.2 Å². The molecule has 0 heterocycles. The lowest BCUT2D eigenvalue weighted by molar-refractivity contribution is -0.119. The van der Waals surface area contributed by atoms with Crippen LogP contribution in [0, 0.1) is 12.7 Å². The van der Waals surface area contributed by atoms with E-state index in [0.717, 1.165) is 11.1 Å². The van der Waals surface area contributed by atoms with Gasteiger partial charge < -0.3 is 10.6 Å². The minimum Gasteiger partial charge on any atom is -0.376 e. The molecule has 2 N–H and O–H groups in total. The van der Waals surface area contributed by atoms with Crippen LogP contribution in [0.15, 0.2) is 42.5 Å². The molecule has 2 aromatic carbocycles. The SMILES string of the molecule is Cc1ccc(F)cc1NCC(=O)NCc1ccc(Cl)cc1. The molecular weight excluding hydrogens is 291 g/mol. The highest BCUT2D eigenvalue weighted by molar-refractivity contribution is 6.30. The number of aryl methyl sites for hydroxylation is 1. The molecule has 0 saturated heterocycles. The highest BCUT2D eigenvalue weighted by Crippen LogP contribution is 2.15. The van der Waals surface area contributed by atoms with Crippen LogP contribution < -0.4 is 10.6 Å². The first-order chi connectivity index (χ1) is 10.0. The van der Waals surface area contributed by atoms with Crippen LogP contribution in [0.3, 0.4) is 0 Å². The number of anilines is 1. The zero-order valence-electron chi connectivity index (χ0n) is 11.6. The molecule has 0 saturated carbocycles. The van der Waals surface area contributed by atoms with Gasteiger partial charge in [-0.15, -0.1) is 0 Å². The van der Waals surface area contributed by atoms with Gasteiger partial charge in [0.15, 0.2) is 0 Å². The summed E-state index contributed by atoms with van der Waals surface area (Å²) in [7, 11) is 0. The third kappa shape index (κ3) is 4.76. The zero-order chi connectivity index (χ0) is 15.2. The van der Waals surface area contributed by atoms with Gasteiger partial charge in [0.25, 0.3) is 0 Å². The molecule has 0 spiro atoms. The van der Waals surface area contributed by atoms with E-state index in [4.69, 9.17) is 11.6 Å². The third-order valence-electron chi connectivity index (χ3n) is 3.04. The number of hydrogen-bond donors (Lipinski definition) is 2. The van der Waals surface area contributed by atoms with Crippen LogP contribution in [0.5, 0.6) is 0 Å². The summed E-state index contributed by atoms with van der Waals surface area (Å²) in [5.41, 5.74) is 2.48. The van der Waals surface area contributed by atoms with E-state index in [1.165, 1.54) is 12.1 Å².